The van der Waals surface area contributed by atoms with Crippen LogP contribution in [0.5, 0.6) is 5.75 Å². The van der Waals surface area contributed by atoms with Crippen molar-refractivity contribution < 1.29 is 25.8 Å². The fourth-order valence-electron chi connectivity index (χ4n) is 1.27. The number of esters is 1. The van der Waals surface area contributed by atoms with Crippen LogP contribution in [0.4, 0.5) is 0 Å². The van der Waals surface area contributed by atoms with E-state index < -0.39 is 26.7 Å². The Kier molecular flexibility index (Phi) is 5.35. The van der Waals surface area contributed by atoms with Crippen molar-refractivity contribution in [1.82, 2.24) is 0 Å². The minimum atomic E-state index is -4.02. The van der Waals surface area contributed by atoms with E-state index in [0.29, 0.717) is 10.6 Å². The van der Waals surface area contributed by atoms with Gasteiger partial charge in [-0.2, -0.15) is 12.0 Å². The molecule has 0 saturated carbocycles. The molecule has 0 fully saturated rings. The van der Waals surface area contributed by atoms with E-state index in [1.165, 1.54) is 0 Å². The lowest BCUT2D eigenvalue weighted by Gasteiger charge is -2.29. The molecule has 0 aromatic heterocycles. The van der Waals surface area contributed by atoms with Gasteiger partial charge in [0.2, 0.25) is 0 Å². The molecule has 0 aliphatic heterocycles. The second-order valence-electron chi connectivity index (χ2n) is 3.97. The Bertz CT molecular complexity index is 589. The van der Waals surface area contributed by atoms with E-state index in [0.717, 1.165) is 13.2 Å². The van der Waals surface area contributed by atoms with Crippen LogP contribution in [0.1, 0.15) is 0 Å². The fraction of sp³-hybridized carbons (Fsp3) is 0.250. The van der Waals surface area contributed by atoms with Gasteiger partial charge in [-0.05, 0) is 36.8 Å². The number of carbonyl (C=O) groups excluding carboxylic acids is 1. The zero-order valence-electron chi connectivity index (χ0n) is 11.4. The summed E-state index contributed by atoms with van der Waals surface area (Å²) in [5, 5.41) is 0. The van der Waals surface area contributed by atoms with Crippen molar-refractivity contribution in [2.75, 3.05) is 19.6 Å². The first-order valence-electron chi connectivity index (χ1n) is 5.39. The van der Waals surface area contributed by atoms with Crippen LogP contribution < -0.4 is 4.74 Å². The molecule has 0 N–H and O–H groups in total. The zero-order chi connectivity index (χ0) is 15.4. The van der Waals surface area contributed by atoms with Crippen LogP contribution in [0.3, 0.4) is 0 Å². The Morgan fingerprint density at radius 2 is 1.75 bits per heavy atom. The molecular weight excluding hydrogens is 304 g/mol. The maximum absolute atomic E-state index is 11.3. The van der Waals surface area contributed by atoms with Gasteiger partial charge in [0.1, 0.15) is 5.75 Å². The summed E-state index contributed by atoms with van der Waals surface area (Å²) in [5.41, 5.74) is 0. The average Bonchev–Trinajstić information content (AvgIpc) is 2.38. The van der Waals surface area contributed by atoms with E-state index in [9.17, 15) is 13.2 Å². The van der Waals surface area contributed by atoms with Crippen molar-refractivity contribution in [1.29, 1.82) is 0 Å². The topological polar surface area (TPSA) is 78.9 Å². The Morgan fingerprint density at radius 1 is 1.20 bits per heavy atom. The first-order chi connectivity index (χ1) is 9.20. The molecule has 1 aromatic rings. The van der Waals surface area contributed by atoms with Crippen LogP contribution in [0.2, 0.25) is 0 Å². The number of hydrogen-bond donors (Lipinski definition) is 0. The van der Waals surface area contributed by atoms with Gasteiger partial charge in [0, 0.05) is 11.0 Å². The smallest absolute Gasteiger partial charge is 0.409 e. The average molecular weight is 320 g/mol. The molecule has 0 spiro atoms. The third-order valence-electron chi connectivity index (χ3n) is 2.23. The SMILES string of the molecule is C=CC(=O)Oc1ccc(S(C)(C)OS(=O)(=O)OC)cc1. The summed E-state index contributed by atoms with van der Waals surface area (Å²) in [5.74, 6) is -0.231. The Hall–Kier alpha value is -1.35. The molecule has 1 rings (SSSR count). The van der Waals surface area contributed by atoms with Gasteiger partial charge in [-0.15, -0.1) is 0 Å². The highest BCUT2D eigenvalue weighted by Crippen LogP contribution is 2.51. The lowest BCUT2D eigenvalue weighted by molar-refractivity contribution is -0.128. The second kappa shape index (κ2) is 6.40. The summed E-state index contributed by atoms with van der Waals surface area (Å²) < 4.78 is 36.9. The van der Waals surface area contributed by atoms with E-state index in [4.69, 9.17) is 8.37 Å². The first-order valence-corrected chi connectivity index (χ1v) is 9.10. The lowest BCUT2D eigenvalue weighted by Crippen LogP contribution is -2.11. The van der Waals surface area contributed by atoms with Crippen LogP contribution >= 0.6 is 10.3 Å². The Morgan fingerprint density at radius 3 is 2.20 bits per heavy atom. The van der Waals surface area contributed by atoms with Gasteiger partial charge >= 0.3 is 16.4 Å². The van der Waals surface area contributed by atoms with Gasteiger partial charge in [-0.3, -0.25) is 4.18 Å². The molecular formula is C12H16O6S2. The van der Waals surface area contributed by atoms with Crippen molar-refractivity contribution in [2.45, 2.75) is 4.90 Å². The summed E-state index contributed by atoms with van der Waals surface area (Å²) in [6, 6.07) is 6.36. The summed E-state index contributed by atoms with van der Waals surface area (Å²) in [7, 11) is -5.04. The highest BCUT2D eigenvalue weighted by molar-refractivity contribution is 8.31. The van der Waals surface area contributed by atoms with Gasteiger partial charge in [0.25, 0.3) is 0 Å². The fourth-order valence-corrected chi connectivity index (χ4v) is 4.26. The molecule has 0 aliphatic carbocycles. The molecule has 20 heavy (non-hydrogen) atoms. The molecule has 8 heteroatoms. The maximum Gasteiger partial charge on any atom is 0.409 e. The number of carbonyl (C=O) groups is 1. The summed E-state index contributed by atoms with van der Waals surface area (Å²) in [6.45, 7) is 3.29. The van der Waals surface area contributed by atoms with Crippen molar-refractivity contribution in [2.24, 2.45) is 0 Å². The van der Waals surface area contributed by atoms with Crippen molar-refractivity contribution in [3.05, 3.63) is 36.9 Å². The predicted octanol–water partition coefficient (Wildman–Crippen LogP) is 2.02. The molecule has 0 unspecified atom stereocenters. The predicted molar refractivity (Wildman–Crippen MR) is 77.0 cm³/mol. The molecule has 112 valence electrons. The lowest BCUT2D eigenvalue weighted by atomic mass is 10.3. The molecule has 0 aliphatic rings. The molecule has 0 amide bonds. The minimum absolute atomic E-state index is 0.337. The van der Waals surface area contributed by atoms with Crippen molar-refractivity contribution in [3.8, 4) is 5.75 Å². The van der Waals surface area contributed by atoms with Crippen molar-refractivity contribution in [3.63, 3.8) is 0 Å². The van der Waals surface area contributed by atoms with Gasteiger partial charge in [-0.25, -0.2) is 4.79 Å². The minimum Gasteiger partial charge on any atom is -0.423 e. The molecule has 0 saturated heterocycles. The normalized spacial score (nSPS) is 12.8. The molecule has 0 heterocycles. The summed E-state index contributed by atoms with van der Waals surface area (Å²) in [4.78, 5) is 11.7. The standard InChI is InChI=1S/C12H16O6S2/c1-5-12(13)17-10-6-8-11(9-7-10)19(3,4)18-20(14,15)16-2/h5-9H,1H2,2-4H3. The number of ether oxygens (including phenoxy) is 1. The number of benzene rings is 1. The van der Waals surface area contributed by atoms with E-state index in [-0.39, 0.29) is 0 Å². The highest BCUT2D eigenvalue weighted by atomic mass is 32.3. The monoisotopic (exact) mass is 320 g/mol. The number of rotatable bonds is 6. The van der Waals surface area contributed by atoms with E-state index in [2.05, 4.69) is 10.8 Å². The van der Waals surface area contributed by atoms with Gasteiger partial charge in [-0.1, -0.05) is 16.9 Å². The highest BCUT2D eigenvalue weighted by Gasteiger charge is 2.24. The quantitative estimate of drug-likeness (QED) is 0.453. The van der Waals surface area contributed by atoms with Gasteiger partial charge in [0.15, 0.2) is 0 Å². The van der Waals surface area contributed by atoms with Crippen LogP contribution in [-0.4, -0.2) is 34.0 Å². The summed E-state index contributed by atoms with van der Waals surface area (Å²) >= 11 is 0. The van der Waals surface area contributed by atoms with Crippen LogP contribution in [-0.2, 0) is 23.0 Å². The van der Waals surface area contributed by atoms with Crippen LogP contribution in [0.25, 0.3) is 0 Å². The van der Waals surface area contributed by atoms with E-state index in [1.807, 2.05) is 0 Å². The molecule has 0 atom stereocenters. The van der Waals surface area contributed by atoms with Crippen LogP contribution in [0, 0.1) is 0 Å². The van der Waals surface area contributed by atoms with Crippen LogP contribution in [0.15, 0.2) is 41.8 Å². The molecule has 0 radical (unpaired) electrons. The van der Waals surface area contributed by atoms with E-state index in [1.54, 1.807) is 36.8 Å². The Labute approximate surface area is 120 Å². The largest absolute Gasteiger partial charge is 0.423 e. The molecule has 1 aromatic carbocycles. The zero-order valence-corrected chi connectivity index (χ0v) is 13.0. The molecule has 0 bridgehead atoms. The third kappa shape index (κ3) is 4.64. The van der Waals surface area contributed by atoms with Crippen molar-refractivity contribution >= 4 is 26.7 Å². The maximum atomic E-state index is 11.3. The summed E-state index contributed by atoms with van der Waals surface area (Å²) in [6.07, 6.45) is 4.38. The second-order valence-corrected chi connectivity index (χ2v) is 8.60. The van der Waals surface area contributed by atoms with Gasteiger partial charge in [0.05, 0.1) is 7.11 Å². The first kappa shape index (κ1) is 16.7. The Balaban J connectivity index is 2.92. The van der Waals surface area contributed by atoms with Gasteiger partial charge < -0.3 is 4.74 Å². The number of hydrogen-bond acceptors (Lipinski definition) is 6. The molecule has 6 nitrogen and oxygen atoms in total. The van der Waals surface area contributed by atoms with E-state index >= 15 is 0 Å². The third-order valence-corrected chi connectivity index (χ3v) is 6.08.